The Morgan fingerprint density at radius 1 is 1.40 bits per heavy atom. The zero-order valence-corrected chi connectivity index (χ0v) is 14.5. The van der Waals surface area contributed by atoms with Gasteiger partial charge in [0.1, 0.15) is 12.1 Å². The van der Waals surface area contributed by atoms with Crippen LogP contribution in [0.3, 0.4) is 0 Å². The van der Waals surface area contributed by atoms with Gasteiger partial charge in [0.15, 0.2) is 5.82 Å². The van der Waals surface area contributed by atoms with Crippen LogP contribution < -0.4 is 10.2 Å². The minimum absolute atomic E-state index is 0.100. The van der Waals surface area contributed by atoms with E-state index in [4.69, 9.17) is 4.52 Å². The largest absolute Gasteiger partial charge is 0.360 e. The number of aryl methyl sites for hydroxylation is 1. The lowest BCUT2D eigenvalue weighted by molar-refractivity contribution is -0.383. The molecule has 0 amide bonds. The monoisotopic (exact) mass is 347 g/mol. The van der Waals surface area contributed by atoms with Crippen LogP contribution in [0.4, 0.5) is 23.1 Å². The average Bonchev–Trinajstić information content (AvgIpc) is 2.99. The van der Waals surface area contributed by atoms with Gasteiger partial charge in [-0.25, -0.2) is 9.97 Å². The fourth-order valence-electron chi connectivity index (χ4n) is 2.99. The number of anilines is 3. The summed E-state index contributed by atoms with van der Waals surface area (Å²) < 4.78 is 4.98. The Labute approximate surface area is 145 Å². The van der Waals surface area contributed by atoms with Gasteiger partial charge in [-0.3, -0.25) is 10.1 Å². The van der Waals surface area contributed by atoms with Crippen LogP contribution in [-0.4, -0.2) is 58.2 Å². The smallest absolute Gasteiger partial charge is 0.353 e. The Balaban J connectivity index is 1.90. The molecule has 1 saturated heterocycles. The molecule has 2 aromatic rings. The van der Waals surface area contributed by atoms with Crippen molar-refractivity contribution in [3.05, 3.63) is 28.3 Å². The van der Waals surface area contributed by atoms with E-state index in [0.717, 1.165) is 25.9 Å². The lowest BCUT2D eigenvalue weighted by Crippen LogP contribution is -2.42. The summed E-state index contributed by atoms with van der Waals surface area (Å²) >= 11 is 0. The second-order valence-electron chi connectivity index (χ2n) is 6.24. The van der Waals surface area contributed by atoms with Crippen molar-refractivity contribution in [2.45, 2.75) is 25.8 Å². The summed E-state index contributed by atoms with van der Waals surface area (Å²) in [5.74, 6) is 1.37. The Kier molecular flexibility index (Phi) is 4.79. The zero-order valence-electron chi connectivity index (χ0n) is 14.5. The van der Waals surface area contributed by atoms with Crippen molar-refractivity contribution in [3.8, 4) is 0 Å². The highest BCUT2D eigenvalue weighted by molar-refractivity contribution is 5.73. The lowest BCUT2D eigenvalue weighted by Gasteiger charge is -2.35. The Bertz CT molecular complexity index is 755. The van der Waals surface area contributed by atoms with E-state index in [1.54, 1.807) is 13.0 Å². The summed E-state index contributed by atoms with van der Waals surface area (Å²) in [7, 11) is 3.92. The van der Waals surface area contributed by atoms with Gasteiger partial charge in [0.2, 0.25) is 11.6 Å². The molecule has 1 N–H and O–H groups in total. The third-order valence-electron chi connectivity index (χ3n) is 4.43. The van der Waals surface area contributed by atoms with Gasteiger partial charge < -0.3 is 19.6 Å². The maximum absolute atomic E-state index is 11.7. The number of nitrogens with one attached hydrogen (secondary N) is 1. The summed E-state index contributed by atoms with van der Waals surface area (Å²) in [5.41, 5.74) is -0.162. The van der Waals surface area contributed by atoms with Crippen molar-refractivity contribution in [2.24, 2.45) is 0 Å². The summed E-state index contributed by atoms with van der Waals surface area (Å²) in [6, 6.07) is 1.85. The van der Waals surface area contributed by atoms with E-state index in [1.165, 1.54) is 6.33 Å². The minimum atomic E-state index is -0.462. The van der Waals surface area contributed by atoms with Crippen molar-refractivity contribution >= 4 is 23.1 Å². The van der Waals surface area contributed by atoms with Crippen LogP contribution in [-0.2, 0) is 0 Å². The van der Waals surface area contributed by atoms with E-state index in [2.05, 4.69) is 32.4 Å². The molecule has 0 unspecified atom stereocenters. The van der Waals surface area contributed by atoms with E-state index < -0.39 is 4.92 Å². The van der Waals surface area contributed by atoms with Gasteiger partial charge in [-0.2, -0.15) is 0 Å². The molecule has 3 rings (SSSR count). The van der Waals surface area contributed by atoms with E-state index >= 15 is 0 Å². The molecule has 10 heteroatoms. The quantitative estimate of drug-likeness (QED) is 0.640. The molecule has 25 heavy (non-hydrogen) atoms. The van der Waals surface area contributed by atoms with Crippen LogP contribution in [0.5, 0.6) is 0 Å². The molecule has 0 atom stereocenters. The normalized spacial score (nSPS) is 16.0. The lowest BCUT2D eigenvalue weighted by atomic mass is 10.0. The molecule has 134 valence electrons. The van der Waals surface area contributed by atoms with Crippen molar-refractivity contribution in [3.63, 3.8) is 0 Å². The molecule has 1 fully saturated rings. The molecule has 0 saturated carbocycles. The highest BCUT2D eigenvalue weighted by atomic mass is 16.6. The van der Waals surface area contributed by atoms with E-state index in [9.17, 15) is 10.1 Å². The second kappa shape index (κ2) is 7.01. The van der Waals surface area contributed by atoms with Gasteiger partial charge >= 0.3 is 5.69 Å². The van der Waals surface area contributed by atoms with E-state index in [-0.39, 0.29) is 17.5 Å². The standard InChI is InChI=1S/C15H21N7O3/c1-10-8-12(19-25-10)18-14-13(22(23)24)15(17-9-16-14)21(3)11-4-6-20(2)7-5-11/h8-9,11H,4-7H2,1-3H3,(H,16,17,18,19). The molecule has 1 aliphatic heterocycles. The van der Waals surface area contributed by atoms with Crippen LogP contribution in [0.15, 0.2) is 16.9 Å². The SMILES string of the molecule is Cc1cc(Nc2ncnc(N(C)C3CCN(C)CC3)c2[N+](=O)[O-])no1. The van der Waals surface area contributed by atoms with Crippen molar-refractivity contribution in [1.82, 2.24) is 20.0 Å². The molecule has 10 nitrogen and oxygen atoms in total. The predicted molar refractivity (Wildman–Crippen MR) is 92.1 cm³/mol. The number of piperidine rings is 1. The van der Waals surface area contributed by atoms with Gasteiger partial charge in [0.25, 0.3) is 0 Å². The highest BCUT2D eigenvalue weighted by Gasteiger charge is 2.30. The minimum Gasteiger partial charge on any atom is -0.360 e. The maximum atomic E-state index is 11.7. The first-order chi connectivity index (χ1) is 12.0. The summed E-state index contributed by atoms with van der Waals surface area (Å²) in [6.07, 6.45) is 3.18. The molecule has 1 aliphatic rings. The third kappa shape index (κ3) is 3.68. The van der Waals surface area contributed by atoms with Crippen LogP contribution in [0.2, 0.25) is 0 Å². The maximum Gasteiger partial charge on any atom is 0.353 e. The number of aromatic nitrogens is 3. The zero-order chi connectivity index (χ0) is 18.0. The number of likely N-dealkylation sites (tertiary alicyclic amines) is 1. The number of rotatable bonds is 5. The van der Waals surface area contributed by atoms with Gasteiger partial charge in [-0.15, -0.1) is 0 Å². The molecule has 0 aromatic carbocycles. The number of nitrogens with zero attached hydrogens (tertiary/aromatic N) is 6. The Hall–Kier alpha value is -2.75. The molecular formula is C15H21N7O3. The number of hydrogen-bond acceptors (Lipinski definition) is 9. The van der Waals surface area contributed by atoms with E-state index in [0.29, 0.717) is 17.4 Å². The summed E-state index contributed by atoms with van der Waals surface area (Å²) in [4.78, 5) is 23.6. The average molecular weight is 347 g/mol. The molecule has 0 spiro atoms. The number of nitro groups is 1. The fraction of sp³-hybridized carbons (Fsp3) is 0.533. The third-order valence-corrected chi connectivity index (χ3v) is 4.43. The van der Waals surface area contributed by atoms with Crippen LogP contribution >= 0.6 is 0 Å². The second-order valence-corrected chi connectivity index (χ2v) is 6.24. The van der Waals surface area contributed by atoms with Crippen LogP contribution in [0, 0.1) is 17.0 Å². The molecular weight excluding hydrogens is 326 g/mol. The highest BCUT2D eigenvalue weighted by Crippen LogP contribution is 2.34. The van der Waals surface area contributed by atoms with Gasteiger partial charge in [0.05, 0.1) is 4.92 Å². The van der Waals surface area contributed by atoms with Gasteiger partial charge in [0, 0.05) is 19.2 Å². The molecule has 0 radical (unpaired) electrons. The first-order valence-corrected chi connectivity index (χ1v) is 8.07. The Morgan fingerprint density at radius 2 is 2.12 bits per heavy atom. The molecule has 3 heterocycles. The van der Waals surface area contributed by atoms with Crippen molar-refractivity contribution in [1.29, 1.82) is 0 Å². The molecule has 0 aliphatic carbocycles. The Morgan fingerprint density at radius 3 is 2.72 bits per heavy atom. The van der Waals surface area contributed by atoms with Gasteiger partial charge in [-0.05, 0) is 39.9 Å². The first-order valence-electron chi connectivity index (χ1n) is 8.07. The number of hydrogen-bond donors (Lipinski definition) is 1. The topological polar surface area (TPSA) is 113 Å². The first kappa shape index (κ1) is 17.1. The van der Waals surface area contributed by atoms with Crippen molar-refractivity contribution in [2.75, 3.05) is 37.4 Å². The van der Waals surface area contributed by atoms with Crippen LogP contribution in [0.1, 0.15) is 18.6 Å². The summed E-state index contributed by atoms with van der Waals surface area (Å²) in [6.45, 7) is 3.65. The van der Waals surface area contributed by atoms with Crippen LogP contribution in [0.25, 0.3) is 0 Å². The predicted octanol–water partition coefficient (Wildman–Crippen LogP) is 1.96. The van der Waals surface area contributed by atoms with Crippen molar-refractivity contribution < 1.29 is 9.45 Å². The molecule has 2 aromatic heterocycles. The summed E-state index contributed by atoms with van der Waals surface area (Å²) in [5, 5.41) is 18.3. The molecule has 0 bridgehead atoms. The van der Waals surface area contributed by atoms with E-state index in [1.807, 2.05) is 11.9 Å². The fourth-order valence-corrected chi connectivity index (χ4v) is 2.99. The van der Waals surface area contributed by atoms with Gasteiger partial charge in [-0.1, -0.05) is 5.16 Å².